The van der Waals surface area contributed by atoms with E-state index in [9.17, 15) is 4.79 Å². The van der Waals surface area contributed by atoms with Crippen LogP contribution in [0.1, 0.15) is 23.3 Å². The number of nitriles is 1. The second-order valence-corrected chi connectivity index (χ2v) is 8.19. The summed E-state index contributed by atoms with van der Waals surface area (Å²) >= 11 is 1.47. The van der Waals surface area contributed by atoms with Crippen molar-refractivity contribution in [2.75, 3.05) is 11.1 Å². The van der Waals surface area contributed by atoms with Crippen LogP contribution in [0.5, 0.6) is 0 Å². The van der Waals surface area contributed by atoms with Crippen LogP contribution in [-0.2, 0) is 11.3 Å². The average Bonchev–Trinajstić information content (AvgIpc) is 3.45. The first-order valence-electron chi connectivity index (χ1n) is 10.1. The molecule has 1 N–H and O–H groups in total. The molecule has 0 bridgehead atoms. The van der Waals surface area contributed by atoms with Gasteiger partial charge in [-0.25, -0.2) is 0 Å². The van der Waals surface area contributed by atoms with Crippen LogP contribution >= 0.6 is 11.8 Å². The minimum Gasteiger partial charge on any atom is -0.467 e. The molecule has 0 unspecified atom stereocenters. The molecule has 0 atom stereocenters. The van der Waals surface area contributed by atoms with Crippen LogP contribution in [0, 0.1) is 18.3 Å². The highest BCUT2D eigenvalue weighted by Gasteiger charge is 2.17. The average molecular weight is 444 g/mol. The van der Waals surface area contributed by atoms with Gasteiger partial charge in [-0.1, -0.05) is 42.1 Å². The number of hydrogen-bond acceptors (Lipinski definition) is 6. The minimum absolute atomic E-state index is 0.121. The Morgan fingerprint density at radius 3 is 2.81 bits per heavy atom. The lowest BCUT2D eigenvalue weighted by atomic mass is 10.1. The Morgan fingerprint density at radius 2 is 2.03 bits per heavy atom. The first kappa shape index (κ1) is 21.4. The summed E-state index contributed by atoms with van der Waals surface area (Å²) in [4.78, 5) is 12.3. The first-order chi connectivity index (χ1) is 15.6. The molecule has 0 saturated heterocycles. The predicted molar refractivity (Wildman–Crippen MR) is 123 cm³/mol. The fourth-order valence-corrected chi connectivity index (χ4v) is 4.12. The number of carbonyl (C=O) groups is 1. The third-order valence-corrected chi connectivity index (χ3v) is 5.80. The zero-order chi connectivity index (χ0) is 22.3. The largest absolute Gasteiger partial charge is 0.467 e. The number of aryl methyl sites for hydroxylation is 1. The molecule has 160 valence electrons. The maximum Gasteiger partial charge on any atom is 0.225 e. The van der Waals surface area contributed by atoms with Crippen LogP contribution in [0.4, 0.5) is 5.69 Å². The van der Waals surface area contributed by atoms with Gasteiger partial charge < -0.3 is 9.73 Å². The van der Waals surface area contributed by atoms with E-state index in [4.69, 9.17) is 9.68 Å². The van der Waals surface area contributed by atoms with Crippen LogP contribution in [0.25, 0.3) is 11.4 Å². The second-order valence-electron chi connectivity index (χ2n) is 7.13. The van der Waals surface area contributed by atoms with Gasteiger partial charge in [0.25, 0.3) is 0 Å². The predicted octanol–water partition coefficient (Wildman–Crippen LogP) is 4.89. The Hall–Kier alpha value is -3.83. The number of amides is 1. The molecule has 0 spiro atoms. The van der Waals surface area contributed by atoms with Crippen molar-refractivity contribution in [2.45, 2.75) is 25.0 Å². The molecule has 0 aliphatic heterocycles. The summed E-state index contributed by atoms with van der Waals surface area (Å²) in [5.74, 6) is 1.98. The molecule has 2 heterocycles. The molecule has 0 saturated carbocycles. The number of nitrogens with one attached hydrogen (secondary N) is 1. The van der Waals surface area contributed by atoms with Crippen molar-refractivity contribution in [3.8, 4) is 17.5 Å². The highest BCUT2D eigenvalue weighted by Crippen LogP contribution is 2.27. The zero-order valence-electron chi connectivity index (χ0n) is 17.5. The zero-order valence-corrected chi connectivity index (χ0v) is 18.3. The number of nitrogens with zero attached hydrogens (tertiary/aromatic N) is 4. The van der Waals surface area contributed by atoms with Crippen molar-refractivity contribution < 1.29 is 9.21 Å². The van der Waals surface area contributed by atoms with Gasteiger partial charge in [-0.2, -0.15) is 5.26 Å². The molecule has 2 aromatic carbocycles. The molecule has 4 aromatic rings. The highest BCUT2D eigenvalue weighted by molar-refractivity contribution is 7.99. The lowest BCUT2D eigenvalue weighted by Crippen LogP contribution is -2.12. The third kappa shape index (κ3) is 5.07. The number of aromatic nitrogens is 3. The van der Waals surface area contributed by atoms with Crippen LogP contribution in [0.2, 0.25) is 0 Å². The molecule has 0 aliphatic rings. The van der Waals surface area contributed by atoms with Gasteiger partial charge in [0.1, 0.15) is 5.76 Å². The van der Waals surface area contributed by atoms with Crippen LogP contribution in [0.3, 0.4) is 0 Å². The molecule has 4 rings (SSSR count). The summed E-state index contributed by atoms with van der Waals surface area (Å²) in [5, 5.41) is 21.4. The van der Waals surface area contributed by atoms with Gasteiger partial charge in [0.05, 0.1) is 24.4 Å². The number of furan rings is 1. The topological polar surface area (TPSA) is 96.7 Å². The fraction of sp³-hybridized carbons (Fsp3) is 0.167. The Balaban J connectivity index is 1.46. The lowest BCUT2D eigenvalue weighted by Gasteiger charge is -2.10. The lowest BCUT2D eigenvalue weighted by molar-refractivity contribution is -0.115. The highest BCUT2D eigenvalue weighted by atomic mass is 32.2. The minimum atomic E-state index is -0.121. The summed E-state index contributed by atoms with van der Waals surface area (Å²) < 4.78 is 7.55. The van der Waals surface area contributed by atoms with Crippen LogP contribution in [0.15, 0.2) is 76.5 Å². The monoisotopic (exact) mass is 443 g/mol. The van der Waals surface area contributed by atoms with Crippen LogP contribution < -0.4 is 5.32 Å². The van der Waals surface area contributed by atoms with Gasteiger partial charge in [0.2, 0.25) is 5.91 Å². The normalized spacial score (nSPS) is 10.6. The first-order valence-corrected chi connectivity index (χ1v) is 11.1. The smallest absolute Gasteiger partial charge is 0.225 e. The fourth-order valence-electron chi connectivity index (χ4n) is 3.24. The Bertz CT molecular complexity index is 1260. The van der Waals surface area contributed by atoms with Crippen molar-refractivity contribution in [3.63, 3.8) is 0 Å². The maximum absolute atomic E-state index is 12.3. The van der Waals surface area contributed by atoms with Gasteiger partial charge in [-0.05, 0) is 42.8 Å². The number of carbonyl (C=O) groups excluding carboxylic acids is 1. The summed E-state index contributed by atoms with van der Waals surface area (Å²) in [7, 11) is 0. The van der Waals surface area contributed by atoms with E-state index >= 15 is 0 Å². The van der Waals surface area contributed by atoms with Gasteiger partial charge >= 0.3 is 0 Å². The summed E-state index contributed by atoms with van der Waals surface area (Å²) in [5.41, 5.74) is 3.23. The van der Waals surface area contributed by atoms with Gasteiger partial charge in [0.15, 0.2) is 11.0 Å². The third-order valence-electron chi connectivity index (χ3n) is 4.83. The number of benzene rings is 2. The number of rotatable bonds is 8. The van der Waals surface area contributed by atoms with Gasteiger partial charge in [-0.3, -0.25) is 9.36 Å². The Morgan fingerprint density at radius 1 is 1.16 bits per heavy atom. The molecule has 7 nitrogen and oxygen atoms in total. The SMILES string of the molecule is Cc1ccccc1-c1nnc(SCCC(=O)Nc2cccc(C#N)c2)n1Cc1ccco1. The van der Waals surface area contributed by atoms with Crippen molar-refractivity contribution in [1.82, 2.24) is 14.8 Å². The van der Waals surface area contributed by atoms with E-state index in [2.05, 4.69) is 21.6 Å². The van der Waals surface area contributed by atoms with E-state index in [-0.39, 0.29) is 5.91 Å². The number of anilines is 1. The molecule has 0 aliphatic carbocycles. The number of thioether (sulfide) groups is 1. The van der Waals surface area contributed by atoms with Crippen molar-refractivity contribution in [3.05, 3.63) is 83.8 Å². The molecule has 0 radical (unpaired) electrons. The quantitative estimate of drug-likeness (QED) is 0.390. The molecule has 2 aromatic heterocycles. The molecule has 8 heteroatoms. The molecule has 0 fully saturated rings. The van der Waals surface area contributed by atoms with E-state index in [0.717, 1.165) is 27.9 Å². The van der Waals surface area contributed by atoms with Crippen molar-refractivity contribution in [2.24, 2.45) is 0 Å². The van der Waals surface area contributed by atoms with Gasteiger partial charge in [0, 0.05) is 23.4 Å². The van der Waals surface area contributed by atoms with E-state index in [1.807, 2.05) is 47.9 Å². The summed E-state index contributed by atoms with van der Waals surface area (Å²) in [6, 6.07) is 20.7. The molecular formula is C24H21N5O2S. The second kappa shape index (κ2) is 9.98. The molecular weight excluding hydrogens is 422 g/mol. The molecule has 1 amide bonds. The van der Waals surface area contributed by atoms with Gasteiger partial charge in [-0.15, -0.1) is 10.2 Å². The van der Waals surface area contributed by atoms with E-state index in [0.29, 0.717) is 30.0 Å². The summed E-state index contributed by atoms with van der Waals surface area (Å²) in [6.45, 7) is 2.54. The number of hydrogen-bond donors (Lipinski definition) is 1. The Kier molecular flexibility index (Phi) is 6.68. The van der Waals surface area contributed by atoms with E-state index in [1.54, 1.807) is 30.5 Å². The Labute approximate surface area is 190 Å². The van der Waals surface area contributed by atoms with Crippen molar-refractivity contribution >= 4 is 23.4 Å². The van der Waals surface area contributed by atoms with Crippen LogP contribution in [-0.4, -0.2) is 26.4 Å². The van der Waals surface area contributed by atoms with Crippen molar-refractivity contribution in [1.29, 1.82) is 5.26 Å². The summed E-state index contributed by atoms with van der Waals surface area (Å²) in [6.07, 6.45) is 1.94. The van der Waals surface area contributed by atoms with E-state index in [1.165, 1.54) is 11.8 Å². The maximum atomic E-state index is 12.3. The standard InChI is InChI=1S/C24H21N5O2S/c1-17-6-2-3-10-21(17)23-27-28-24(29(23)16-20-9-5-12-31-20)32-13-11-22(30)26-19-8-4-7-18(14-19)15-25/h2-10,12,14H,11,13,16H2,1H3,(H,26,30). The molecule has 32 heavy (non-hydrogen) atoms. The van der Waals surface area contributed by atoms with E-state index < -0.39 is 0 Å².